The van der Waals surface area contributed by atoms with E-state index in [2.05, 4.69) is 10.4 Å². The van der Waals surface area contributed by atoms with Crippen LogP contribution in [-0.4, -0.2) is 28.3 Å². The summed E-state index contributed by atoms with van der Waals surface area (Å²) in [5.41, 5.74) is 7.63. The van der Waals surface area contributed by atoms with Crippen LogP contribution in [-0.2, 0) is 7.05 Å². The number of halogens is 1. The van der Waals surface area contributed by atoms with Gasteiger partial charge in [0.2, 0.25) is 0 Å². The highest BCUT2D eigenvalue weighted by molar-refractivity contribution is 6.33. The molecule has 1 amide bonds. The van der Waals surface area contributed by atoms with E-state index in [9.17, 15) is 4.79 Å². The van der Waals surface area contributed by atoms with Crippen molar-refractivity contribution in [2.75, 3.05) is 6.54 Å². The van der Waals surface area contributed by atoms with E-state index >= 15 is 0 Å². The number of nitrogens with two attached hydrogens (primary N) is 1. The Kier molecular flexibility index (Phi) is 4.18. The Labute approximate surface area is 134 Å². The standard InChI is InChI=1S/C16H19ClN4O/c1-21-9-12(16(22)19-14(8-18)10-6-7-10)15(20-21)11-4-2-3-5-13(11)17/h2-5,9-10,14H,6-8,18H2,1H3,(H,19,22). The quantitative estimate of drug-likeness (QED) is 0.887. The number of benzene rings is 1. The van der Waals surface area contributed by atoms with Crippen LogP contribution in [0.25, 0.3) is 11.3 Å². The maximum Gasteiger partial charge on any atom is 0.255 e. The minimum absolute atomic E-state index is 0.0341. The molecule has 22 heavy (non-hydrogen) atoms. The smallest absolute Gasteiger partial charge is 0.255 e. The van der Waals surface area contributed by atoms with E-state index in [1.165, 1.54) is 0 Å². The van der Waals surface area contributed by atoms with Crippen molar-refractivity contribution in [1.82, 2.24) is 15.1 Å². The van der Waals surface area contributed by atoms with Crippen molar-refractivity contribution in [1.29, 1.82) is 0 Å². The van der Waals surface area contributed by atoms with Gasteiger partial charge in [-0.3, -0.25) is 9.48 Å². The maximum atomic E-state index is 12.6. The first kappa shape index (κ1) is 15.1. The molecule has 5 nitrogen and oxygen atoms in total. The van der Waals surface area contributed by atoms with Gasteiger partial charge in [-0.15, -0.1) is 0 Å². The van der Waals surface area contributed by atoms with Gasteiger partial charge in [0.1, 0.15) is 5.69 Å². The highest BCUT2D eigenvalue weighted by atomic mass is 35.5. The van der Waals surface area contributed by atoms with Crippen molar-refractivity contribution in [2.45, 2.75) is 18.9 Å². The number of aromatic nitrogens is 2. The van der Waals surface area contributed by atoms with Gasteiger partial charge in [-0.25, -0.2) is 0 Å². The molecule has 2 aromatic rings. The van der Waals surface area contributed by atoms with Gasteiger partial charge < -0.3 is 11.1 Å². The zero-order valence-corrected chi connectivity index (χ0v) is 13.2. The molecular formula is C16H19ClN4O. The number of aryl methyl sites for hydroxylation is 1. The molecule has 116 valence electrons. The number of nitrogens with zero attached hydrogens (tertiary/aromatic N) is 2. The van der Waals surface area contributed by atoms with Crippen molar-refractivity contribution >= 4 is 17.5 Å². The van der Waals surface area contributed by atoms with Crippen LogP contribution in [0.4, 0.5) is 0 Å². The van der Waals surface area contributed by atoms with Crippen molar-refractivity contribution in [3.63, 3.8) is 0 Å². The van der Waals surface area contributed by atoms with Gasteiger partial charge in [0, 0.05) is 31.4 Å². The zero-order chi connectivity index (χ0) is 15.7. The largest absolute Gasteiger partial charge is 0.348 e. The lowest BCUT2D eigenvalue weighted by Gasteiger charge is -2.15. The first-order chi connectivity index (χ1) is 10.6. The van der Waals surface area contributed by atoms with E-state index in [1.807, 2.05) is 18.2 Å². The second-order valence-electron chi connectivity index (χ2n) is 5.70. The van der Waals surface area contributed by atoms with E-state index < -0.39 is 0 Å². The third-order valence-corrected chi connectivity index (χ3v) is 4.29. The number of carbonyl (C=O) groups excluding carboxylic acids is 1. The average molecular weight is 319 g/mol. The molecular weight excluding hydrogens is 300 g/mol. The van der Waals surface area contributed by atoms with Crippen LogP contribution < -0.4 is 11.1 Å². The molecule has 0 aliphatic heterocycles. The molecule has 0 spiro atoms. The molecule has 1 fully saturated rings. The molecule has 0 radical (unpaired) electrons. The fraction of sp³-hybridized carbons (Fsp3) is 0.375. The molecule has 3 N–H and O–H groups in total. The average Bonchev–Trinajstić information content (AvgIpc) is 3.27. The maximum absolute atomic E-state index is 12.6. The SMILES string of the molecule is Cn1cc(C(=O)NC(CN)C2CC2)c(-c2ccccc2Cl)n1. The minimum atomic E-state index is -0.148. The minimum Gasteiger partial charge on any atom is -0.348 e. The van der Waals surface area contributed by atoms with Crippen LogP contribution in [0, 0.1) is 5.92 Å². The second kappa shape index (κ2) is 6.10. The van der Waals surface area contributed by atoms with Crippen LogP contribution in [0.2, 0.25) is 5.02 Å². The second-order valence-corrected chi connectivity index (χ2v) is 6.11. The molecule has 1 atom stereocenters. The first-order valence-corrected chi connectivity index (χ1v) is 7.77. The van der Waals surface area contributed by atoms with E-state index in [-0.39, 0.29) is 11.9 Å². The Bertz CT molecular complexity index is 693. The van der Waals surface area contributed by atoms with Crippen molar-refractivity contribution < 1.29 is 4.79 Å². The summed E-state index contributed by atoms with van der Waals surface area (Å²) < 4.78 is 1.63. The molecule has 1 aromatic carbocycles. The van der Waals surface area contributed by atoms with Crippen LogP contribution >= 0.6 is 11.6 Å². The highest BCUT2D eigenvalue weighted by Crippen LogP contribution is 2.33. The van der Waals surface area contributed by atoms with Crippen LogP contribution in [0.3, 0.4) is 0 Å². The summed E-state index contributed by atoms with van der Waals surface area (Å²) in [7, 11) is 1.79. The van der Waals surface area contributed by atoms with Gasteiger partial charge in [0.15, 0.2) is 0 Å². The van der Waals surface area contributed by atoms with Gasteiger partial charge in [0.25, 0.3) is 5.91 Å². The van der Waals surface area contributed by atoms with Gasteiger partial charge in [0.05, 0.1) is 10.6 Å². The lowest BCUT2D eigenvalue weighted by atomic mass is 10.1. The van der Waals surface area contributed by atoms with E-state index in [0.717, 1.165) is 18.4 Å². The summed E-state index contributed by atoms with van der Waals surface area (Å²) in [5.74, 6) is 0.361. The summed E-state index contributed by atoms with van der Waals surface area (Å²) >= 11 is 6.24. The summed E-state index contributed by atoms with van der Waals surface area (Å²) in [6, 6.07) is 7.42. The summed E-state index contributed by atoms with van der Waals surface area (Å²) in [4.78, 5) is 12.6. The molecule has 0 bridgehead atoms. The van der Waals surface area contributed by atoms with Crippen LogP contribution in [0.1, 0.15) is 23.2 Å². The fourth-order valence-electron chi connectivity index (χ4n) is 2.62. The summed E-state index contributed by atoms with van der Waals surface area (Å²) in [6.45, 7) is 0.456. The summed E-state index contributed by atoms with van der Waals surface area (Å²) in [6.07, 6.45) is 3.98. The van der Waals surface area contributed by atoms with Crippen molar-refractivity contribution in [3.8, 4) is 11.3 Å². The Morgan fingerprint density at radius 1 is 1.50 bits per heavy atom. The summed E-state index contributed by atoms with van der Waals surface area (Å²) in [5, 5.41) is 8.00. The number of amides is 1. The van der Waals surface area contributed by atoms with Gasteiger partial charge in [-0.2, -0.15) is 5.10 Å². The molecule has 1 aliphatic rings. The molecule has 1 saturated carbocycles. The lowest BCUT2D eigenvalue weighted by Crippen LogP contribution is -2.41. The molecule has 3 rings (SSSR count). The first-order valence-electron chi connectivity index (χ1n) is 7.39. The van der Waals surface area contributed by atoms with Gasteiger partial charge in [-0.05, 0) is 24.8 Å². The molecule has 6 heteroatoms. The normalized spacial score (nSPS) is 15.6. The third kappa shape index (κ3) is 3.00. The fourth-order valence-corrected chi connectivity index (χ4v) is 2.85. The monoisotopic (exact) mass is 318 g/mol. The highest BCUT2D eigenvalue weighted by Gasteiger charge is 2.32. The van der Waals surface area contributed by atoms with E-state index in [4.69, 9.17) is 17.3 Å². The third-order valence-electron chi connectivity index (χ3n) is 3.96. The predicted molar refractivity (Wildman–Crippen MR) is 86.7 cm³/mol. The predicted octanol–water partition coefficient (Wildman–Crippen LogP) is 2.21. The Balaban J connectivity index is 1.90. The number of nitrogens with one attached hydrogen (secondary N) is 1. The molecule has 0 saturated heterocycles. The number of hydrogen-bond acceptors (Lipinski definition) is 3. The molecule has 1 heterocycles. The Hall–Kier alpha value is -1.85. The van der Waals surface area contributed by atoms with Crippen LogP contribution in [0.15, 0.2) is 30.5 Å². The van der Waals surface area contributed by atoms with Gasteiger partial charge >= 0.3 is 0 Å². The number of hydrogen-bond donors (Lipinski definition) is 2. The van der Waals surface area contributed by atoms with E-state index in [0.29, 0.717) is 28.7 Å². The molecule has 1 unspecified atom stereocenters. The van der Waals surface area contributed by atoms with Crippen molar-refractivity contribution in [3.05, 3.63) is 41.0 Å². The van der Waals surface area contributed by atoms with Crippen LogP contribution in [0.5, 0.6) is 0 Å². The molecule has 1 aliphatic carbocycles. The zero-order valence-electron chi connectivity index (χ0n) is 12.4. The Morgan fingerprint density at radius 3 is 2.86 bits per heavy atom. The van der Waals surface area contributed by atoms with E-state index in [1.54, 1.807) is 24.0 Å². The Morgan fingerprint density at radius 2 is 2.23 bits per heavy atom. The lowest BCUT2D eigenvalue weighted by molar-refractivity contribution is 0.0934. The topological polar surface area (TPSA) is 72.9 Å². The van der Waals surface area contributed by atoms with Crippen molar-refractivity contribution in [2.24, 2.45) is 18.7 Å². The molecule has 1 aromatic heterocycles. The number of rotatable bonds is 5. The number of carbonyl (C=O) groups is 1. The van der Waals surface area contributed by atoms with Gasteiger partial charge in [-0.1, -0.05) is 29.8 Å².